The lowest BCUT2D eigenvalue weighted by atomic mass is 9.67. The molecule has 0 radical (unpaired) electrons. The Hall–Kier alpha value is -1.90. The summed E-state index contributed by atoms with van der Waals surface area (Å²) in [5, 5.41) is 0.538. The van der Waals surface area contributed by atoms with Crippen molar-refractivity contribution < 1.29 is 4.42 Å². The summed E-state index contributed by atoms with van der Waals surface area (Å²) < 4.78 is 5.48. The first-order valence-electron chi connectivity index (χ1n) is 7.38. The van der Waals surface area contributed by atoms with Crippen LogP contribution in [0.25, 0.3) is 16.5 Å². The van der Waals surface area contributed by atoms with Crippen LogP contribution in [0.15, 0.2) is 39.6 Å². The molecule has 21 heavy (non-hydrogen) atoms. The van der Waals surface area contributed by atoms with E-state index in [2.05, 4.69) is 38.8 Å². The standard InChI is InChI=1S/C18H21NO2/c1-17(2)9-12(10-18(3,4)11-17)15-19-14-8-6-5-7-13(14)16(20)21-15/h5-9H,10-11H2,1-4H3. The molecule has 0 spiro atoms. The second-order valence-electron chi connectivity index (χ2n) is 7.50. The van der Waals surface area contributed by atoms with Gasteiger partial charge in [-0.15, -0.1) is 0 Å². The summed E-state index contributed by atoms with van der Waals surface area (Å²) in [5.74, 6) is 0.472. The minimum Gasteiger partial charge on any atom is -0.403 e. The molecule has 1 aromatic heterocycles. The van der Waals surface area contributed by atoms with E-state index in [1.165, 1.54) is 0 Å². The molecule has 0 N–H and O–H groups in total. The zero-order chi connectivity index (χ0) is 15.3. The van der Waals surface area contributed by atoms with Crippen molar-refractivity contribution in [3.05, 3.63) is 46.7 Å². The molecule has 1 aliphatic carbocycles. The van der Waals surface area contributed by atoms with Gasteiger partial charge < -0.3 is 4.42 Å². The lowest BCUT2D eigenvalue weighted by Gasteiger charge is -2.38. The van der Waals surface area contributed by atoms with E-state index in [-0.39, 0.29) is 16.5 Å². The normalized spacial score (nSPS) is 20.3. The Kier molecular flexibility index (Phi) is 3.05. The van der Waals surface area contributed by atoms with Crippen LogP contribution >= 0.6 is 0 Å². The van der Waals surface area contributed by atoms with Crippen LogP contribution in [-0.2, 0) is 0 Å². The van der Waals surface area contributed by atoms with Gasteiger partial charge in [-0.2, -0.15) is 0 Å². The van der Waals surface area contributed by atoms with E-state index in [1.807, 2.05) is 18.2 Å². The molecule has 1 aromatic carbocycles. The first kappa shape index (κ1) is 14.1. The molecule has 3 heteroatoms. The van der Waals surface area contributed by atoms with Crippen LogP contribution in [0.3, 0.4) is 0 Å². The molecule has 1 heterocycles. The van der Waals surface area contributed by atoms with Gasteiger partial charge >= 0.3 is 5.63 Å². The molecular formula is C18H21NO2. The molecule has 3 rings (SSSR count). The van der Waals surface area contributed by atoms with Crippen molar-refractivity contribution in [2.24, 2.45) is 10.8 Å². The maximum absolute atomic E-state index is 12.1. The predicted octanol–water partition coefficient (Wildman–Crippen LogP) is 4.42. The van der Waals surface area contributed by atoms with Crippen LogP contribution in [0, 0.1) is 10.8 Å². The van der Waals surface area contributed by atoms with Gasteiger partial charge in [-0.25, -0.2) is 9.78 Å². The van der Waals surface area contributed by atoms with E-state index in [0.29, 0.717) is 16.8 Å². The number of fused-ring (bicyclic) bond motifs is 1. The molecule has 0 aliphatic heterocycles. The van der Waals surface area contributed by atoms with Crippen LogP contribution < -0.4 is 5.63 Å². The molecule has 0 unspecified atom stereocenters. The predicted molar refractivity (Wildman–Crippen MR) is 85.1 cm³/mol. The zero-order valence-electron chi connectivity index (χ0n) is 13.1. The quantitative estimate of drug-likeness (QED) is 0.778. The summed E-state index contributed by atoms with van der Waals surface area (Å²) in [6.07, 6.45) is 4.20. The third kappa shape index (κ3) is 2.78. The maximum Gasteiger partial charge on any atom is 0.347 e. The van der Waals surface area contributed by atoms with Gasteiger partial charge in [0, 0.05) is 5.57 Å². The summed E-state index contributed by atoms with van der Waals surface area (Å²) >= 11 is 0. The Bertz CT molecular complexity index is 781. The van der Waals surface area contributed by atoms with Crippen molar-refractivity contribution in [2.75, 3.05) is 0 Å². The Balaban J connectivity index is 2.16. The lowest BCUT2D eigenvalue weighted by Crippen LogP contribution is -2.27. The number of benzene rings is 1. The van der Waals surface area contributed by atoms with Crippen LogP contribution in [0.5, 0.6) is 0 Å². The van der Waals surface area contributed by atoms with Gasteiger partial charge in [-0.05, 0) is 35.8 Å². The number of hydrogen-bond acceptors (Lipinski definition) is 3. The molecule has 1 aliphatic rings. The first-order chi connectivity index (χ1) is 9.76. The van der Waals surface area contributed by atoms with Crippen LogP contribution in [-0.4, -0.2) is 4.98 Å². The summed E-state index contributed by atoms with van der Waals surface area (Å²) in [5.41, 5.74) is 1.70. The fraction of sp³-hybridized carbons (Fsp3) is 0.444. The number of nitrogens with zero attached hydrogens (tertiary/aromatic N) is 1. The highest BCUT2D eigenvalue weighted by Crippen LogP contribution is 2.46. The largest absolute Gasteiger partial charge is 0.403 e. The average Bonchev–Trinajstić information content (AvgIpc) is 2.35. The van der Waals surface area contributed by atoms with Gasteiger partial charge in [0.1, 0.15) is 0 Å². The molecule has 0 atom stereocenters. The molecule has 0 saturated heterocycles. The molecule has 2 aromatic rings. The number of para-hydroxylation sites is 1. The Morgan fingerprint density at radius 3 is 2.57 bits per heavy atom. The van der Waals surface area contributed by atoms with E-state index in [1.54, 1.807) is 6.07 Å². The second-order valence-corrected chi connectivity index (χ2v) is 7.50. The van der Waals surface area contributed by atoms with Gasteiger partial charge in [0.15, 0.2) is 0 Å². The van der Waals surface area contributed by atoms with E-state index >= 15 is 0 Å². The van der Waals surface area contributed by atoms with Gasteiger partial charge in [-0.1, -0.05) is 45.9 Å². The van der Waals surface area contributed by atoms with Crippen molar-refractivity contribution in [3.63, 3.8) is 0 Å². The topological polar surface area (TPSA) is 43.1 Å². The second kappa shape index (κ2) is 4.55. The van der Waals surface area contributed by atoms with E-state index in [4.69, 9.17) is 4.42 Å². The molecule has 0 saturated carbocycles. The third-order valence-electron chi connectivity index (χ3n) is 3.98. The van der Waals surface area contributed by atoms with Crippen molar-refractivity contribution in [1.82, 2.24) is 4.98 Å². The highest BCUT2D eigenvalue weighted by atomic mass is 16.4. The van der Waals surface area contributed by atoms with Crippen molar-refractivity contribution >= 4 is 16.5 Å². The minimum absolute atomic E-state index is 0.0863. The molecule has 110 valence electrons. The Morgan fingerprint density at radius 2 is 1.86 bits per heavy atom. The SMILES string of the molecule is CC1(C)C=C(c2nc3ccccc3c(=O)o2)CC(C)(C)C1. The highest BCUT2D eigenvalue weighted by Gasteiger charge is 2.34. The number of rotatable bonds is 1. The molecule has 0 amide bonds. The highest BCUT2D eigenvalue weighted by molar-refractivity contribution is 5.78. The summed E-state index contributed by atoms with van der Waals surface area (Å²) in [7, 11) is 0. The molecular weight excluding hydrogens is 262 g/mol. The Labute approximate surface area is 124 Å². The fourth-order valence-corrected chi connectivity index (χ4v) is 3.68. The maximum atomic E-state index is 12.1. The summed E-state index contributed by atoms with van der Waals surface area (Å²) in [6, 6.07) is 7.32. The van der Waals surface area contributed by atoms with Crippen molar-refractivity contribution in [1.29, 1.82) is 0 Å². The van der Waals surface area contributed by atoms with E-state index in [0.717, 1.165) is 18.4 Å². The smallest absolute Gasteiger partial charge is 0.347 e. The number of hydrogen-bond donors (Lipinski definition) is 0. The van der Waals surface area contributed by atoms with Gasteiger partial charge in [0.25, 0.3) is 0 Å². The first-order valence-corrected chi connectivity index (χ1v) is 7.38. The van der Waals surface area contributed by atoms with E-state index < -0.39 is 0 Å². The molecule has 0 bridgehead atoms. The Morgan fingerprint density at radius 1 is 1.14 bits per heavy atom. The number of aromatic nitrogens is 1. The van der Waals surface area contributed by atoms with Gasteiger partial charge in [-0.3, -0.25) is 0 Å². The number of allylic oxidation sites excluding steroid dienone is 2. The van der Waals surface area contributed by atoms with Gasteiger partial charge in [0.05, 0.1) is 10.9 Å². The lowest BCUT2D eigenvalue weighted by molar-refractivity contribution is 0.226. The van der Waals surface area contributed by atoms with Crippen molar-refractivity contribution in [3.8, 4) is 0 Å². The summed E-state index contributed by atoms with van der Waals surface area (Å²) in [4.78, 5) is 16.7. The van der Waals surface area contributed by atoms with Crippen LogP contribution in [0.2, 0.25) is 0 Å². The van der Waals surface area contributed by atoms with Crippen molar-refractivity contribution in [2.45, 2.75) is 40.5 Å². The third-order valence-corrected chi connectivity index (χ3v) is 3.98. The van der Waals surface area contributed by atoms with Crippen LogP contribution in [0.4, 0.5) is 0 Å². The van der Waals surface area contributed by atoms with E-state index in [9.17, 15) is 4.79 Å². The molecule has 3 nitrogen and oxygen atoms in total. The van der Waals surface area contributed by atoms with Gasteiger partial charge in [0.2, 0.25) is 5.89 Å². The minimum atomic E-state index is -0.308. The molecule has 0 fully saturated rings. The zero-order valence-corrected chi connectivity index (χ0v) is 13.1. The monoisotopic (exact) mass is 283 g/mol. The van der Waals surface area contributed by atoms with Crippen LogP contribution in [0.1, 0.15) is 46.4 Å². The fourth-order valence-electron chi connectivity index (χ4n) is 3.68. The average molecular weight is 283 g/mol. The summed E-state index contributed by atoms with van der Waals surface area (Å²) in [6.45, 7) is 8.93.